The summed E-state index contributed by atoms with van der Waals surface area (Å²) in [4.78, 5) is 3.92. The van der Waals surface area contributed by atoms with Crippen LogP contribution in [0.25, 0.3) is 0 Å². The van der Waals surface area contributed by atoms with Crippen LogP contribution in [0, 0.1) is 0 Å². The highest BCUT2D eigenvalue weighted by molar-refractivity contribution is 7.75. The van der Waals surface area contributed by atoms with E-state index in [1.165, 1.54) is 51.4 Å². The summed E-state index contributed by atoms with van der Waals surface area (Å²) in [7, 11) is 0. The van der Waals surface area contributed by atoms with E-state index in [2.05, 4.69) is 29.1 Å². The van der Waals surface area contributed by atoms with Gasteiger partial charge < -0.3 is 0 Å². The first kappa shape index (κ1) is 17.2. The maximum absolute atomic E-state index is 8.32. The summed E-state index contributed by atoms with van der Waals surface area (Å²) in [5.74, 6) is 0. The van der Waals surface area contributed by atoms with Crippen LogP contribution in [-0.4, -0.2) is 17.0 Å². The van der Waals surface area contributed by atoms with Gasteiger partial charge in [0.25, 0.3) is 0 Å². The van der Waals surface area contributed by atoms with E-state index in [9.17, 15) is 0 Å². The van der Waals surface area contributed by atoms with Crippen molar-refractivity contribution in [1.82, 2.24) is 5.23 Å². The molecule has 1 N–H and O–H groups in total. The zero-order valence-electron chi connectivity index (χ0n) is 10.9. The summed E-state index contributed by atoms with van der Waals surface area (Å²) >= 11 is 3.54. The number of nitrogens with zero attached hydrogens (tertiary/aromatic N) is 1. The highest BCUT2D eigenvalue weighted by atomic mass is 32.1. The van der Waals surface area contributed by atoms with E-state index < -0.39 is 0 Å². The molecule has 0 saturated heterocycles. The van der Waals surface area contributed by atoms with Crippen LogP contribution in [0.2, 0.25) is 0 Å². The van der Waals surface area contributed by atoms with Gasteiger partial charge in [-0.2, -0.15) is 0 Å². The lowest BCUT2D eigenvalue weighted by atomic mass is 10.1. The zero-order chi connectivity index (χ0) is 12.8. The molecule has 0 bridgehead atoms. The van der Waals surface area contributed by atoms with Crippen LogP contribution in [0.1, 0.15) is 71.1 Å². The van der Waals surface area contributed by atoms with Gasteiger partial charge in [-0.3, -0.25) is 0 Å². The minimum Gasteiger partial charge on any atom is -0.231 e. The Morgan fingerprint density at radius 3 is 1.76 bits per heavy atom. The van der Waals surface area contributed by atoms with Crippen molar-refractivity contribution >= 4 is 12.9 Å². The van der Waals surface area contributed by atoms with Crippen molar-refractivity contribution < 1.29 is 14.5 Å². The Balaban J connectivity index is 3.03. The minimum atomic E-state index is 0.538. The monoisotopic (exact) mass is 265 g/mol. The van der Waals surface area contributed by atoms with E-state index in [0.717, 1.165) is 18.1 Å². The topological polar surface area (TPSA) is 41.9 Å². The molecule has 0 aromatic carbocycles. The van der Waals surface area contributed by atoms with Gasteiger partial charge in [-0.1, -0.05) is 64.7 Å². The Hall–Kier alpha value is 0.190. The average molecular weight is 265 g/mol. The molecule has 5 heteroatoms. The minimum absolute atomic E-state index is 0.538. The van der Waals surface area contributed by atoms with E-state index >= 15 is 0 Å². The molecule has 0 spiro atoms. The number of hydrogen-bond acceptors (Lipinski definition) is 5. The summed E-state index contributed by atoms with van der Waals surface area (Å²) in [6, 6.07) is 0. The van der Waals surface area contributed by atoms with Gasteiger partial charge in [-0.05, 0) is 11.6 Å². The largest absolute Gasteiger partial charge is 0.231 e. The van der Waals surface area contributed by atoms with Crippen LogP contribution in [-0.2, 0) is 9.27 Å². The third-order valence-electron chi connectivity index (χ3n) is 2.88. The molecule has 0 aliphatic heterocycles. The first-order chi connectivity index (χ1) is 8.35. The Morgan fingerprint density at radius 1 is 0.882 bits per heavy atom. The molecule has 0 amide bonds. The molecule has 0 unspecified atom stereocenters. The Morgan fingerprint density at radius 2 is 1.35 bits per heavy atom. The molecular weight excluding hydrogens is 238 g/mol. The van der Waals surface area contributed by atoms with Crippen molar-refractivity contribution in [3.8, 4) is 0 Å². The second-order valence-electron chi connectivity index (χ2n) is 4.40. The van der Waals surface area contributed by atoms with Gasteiger partial charge in [0.1, 0.15) is 0 Å². The van der Waals surface area contributed by atoms with E-state index in [-0.39, 0.29) is 0 Å². The van der Waals surface area contributed by atoms with E-state index in [1.54, 1.807) is 0 Å². The van der Waals surface area contributed by atoms with Gasteiger partial charge in [0.2, 0.25) is 0 Å². The predicted octanol–water partition coefficient (Wildman–Crippen LogP) is 4.39. The molecule has 0 aliphatic rings. The molecule has 0 saturated carbocycles. The zero-order valence-corrected chi connectivity index (χ0v) is 11.8. The summed E-state index contributed by atoms with van der Waals surface area (Å²) < 4.78 is 4.44. The fraction of sp³-hybridized carbons (Fsp3) is 1.00. The van der Waals surface area contributed by atoms with E-state index in [1.807, 2.05) is 0 Å². The highest BCUT2D eigenvalue weighted by Crippen LogP contribution is 2.10. The lowest BCUT2D eigenvalue weighted by Gasteiger charge is -2.11. The third-order valence-corrected chi connectivity index (χ3v) is 3.06. The lowest BCUT2D eigenvalue weighted by Crippen LogP contribution is -2.20. The Kier molecular flexibility index (Phi) is 14.4. The van der Waals surface area contributed by atoms with Crippen LogP contribution in [0.4, 0.5) is 0 Å². The van der Waals surface area contributed by atoms with E-state index in [4.69, 9.17) is 5.26 Å². The van der Waals surface area contributed by atoms with Crippen LogP contribution >= 0.6 is 12.9 Å². The predicted molar refractivity (Wildman–Crippen MR) is 72.3 cm³/mol. The van der Waals surface area contributed by atoms with Gasteiger partial charge in [-0.15, -0.1) is 4.99 Å². The smallest absolute Gasteiger partial charge is 0.0559 e. The molecule has 0 rings (SSSR count). The maximum Gasteiger partial charge on any atom is 0.0559 e. The molecule has 17 heavy (non-hydrogen) atoms. The Bertz CT molecular complexity index is 146. The highest BCUT2D eigenvalue weighted by Gasteiger charge is 2.02. The van der Waals surface area contributed by atoms with Crippen molar-refractivity contribution in [1.29, 1.82) is 0 Å². The summed E-state index contributed by atoms with van der Waals surface area (Å²) in [5.41, 5.74) is 0. The molecular formula is C12H27NO3S. The fourth-order valence-corrected chi connectivity index (χ4v) is 1.94. The molecule has 0 aliphatic carbocycles. The second kappa shape index (κ2) is 14.3. The molecule has 104 valence electrons. The number of hydroxylamine groups is 2. The van der Waals surface area contributed by atoms with Crippen molar-refractivity contribution in [2.45, 2.75) is 71.1 Å². The normalized spacial score (nSPS) is 11.3. The van der Waals surface area contributed by atoms with Gasteiger partial charge >= 0.3 is 0 Å². The molecule has 0 aromatic heterocycles. The van der Waals surface area contributed by atoms with Crippen LogP contribution < -0.4 is 0 Å². The second-order valence-corrected chi connectivity index (χ2v) is 4.56. The van der Waals surface area contributed by atoms with Crippen LogP contribution in [0.3, 0.4) is 0 Å². The molecule has 0 aromatic rings. The fourth-order valence-electron chi connectivity index (χ4n) is 1.82. The van der Waals surface area contributed by atoms with Crippen molar-refractivity contribution in [3.05, 3.63) is 0 Å². The average Bonchev–Trinajstić information content (AvgIpc) is 2.36. The number of thiol groups is 1. The SMILES string of the molecule is CCCCCCCCCCCCN(OO)OS. The number of hydrogen-bond donors (Lipinski definition) is 2. The molecule has 0 heterocycles. The first-order valence-corrected chi connectivity index (χ1v) is 7.12. The first-order valence-electron chi connectivity index (χ1n) is 6.75. The molecule has 0 fully saturated rings. The third kappa shape index (κ3) is 12.4. The van der Waals surface area contributed by atoms with Gasteiger partial charge in [0.05, 0.1) is 6.54 Å². The molecule has 0 atom stereocenters. The van der Waals surface area contributed by atoms with Crippen molar-refractivity contribution in [2.75, 3.05) is 6.54 Å². The number of unbranched alkanes of at least 4 members (excludes halogenated alkanes) is 9. The molecule has 4 nitrogen and oxygen atoms in total. The Labute approximate surface area is 111 Å². The van der Waals surface area contributed by atoms with Crippen molar-refractivity contribution in [3.63, 3.8) is 0 Å². The summed E-state index contributed by atoms with van der Waals surface area (Å²) in [6.07, 6.45) is 12.8. The van der Waals surface area contributed by atoms with Crippen LogP contribution in [0.5, 0.6) is 0 Å². The maximum atomic E-state index is 8.32. The van der Waals surface area contributed by atoms with Gasteiger partial charge in [0.15, 0.2) is 0 Å². The van der Waals surface area contributed by atoms with Gasteiger partial charge in [0, 0.05) is 12.9 Å². The summed E-state index contributed by atoms with van der Waals surface area (Å²) in [6.45, 7) is 2.78. The van der Waals surface area contributed by atoms with E-state index in [0.29, 0.717) is 6.54 Å². The van der Waals surface area contributed by atoms with Crippen LogP contribution in [0.15, 0.2) is 0 Å². The quantitative estimate of drug-likeness (QED) is 0.170. The summed E-state index contributed by atoms with van der Waals surface area (Å²) in [5, 5.41) is 9.27. The molecule has 0 radical (unpaired) electrons. The standard InChI is InChI=1S/C12H27NO3S/c1-2-3-4-5-6-7-8-9-10-11-12-13(15-14)16-17/h14,17H,2-12H2,1H3. The number of rotatable bonds is 13. The lowest BCUT2D eigenvalue weighted by molar-refractivity contribution is -0.474. The van der Waals surface area contributed by atoms with Crippen molar-refractivity contribution in [2.24, 2.45) is 0 Å². The van der Waals surface area contributed by atoms with Gasteiger partial charge in [-0.25, -0.2) is 9.54 Å².